The molecule has 1 aliphatic heterocycles. The van der Waals surface area contributed by atoms with Crippen LogP contribution in [0.4, 0.5) is 4.39 Å². The van der Waals surface area contributed by atoms with Gasteiger partial charge in [0.1, 0.15) is 16.5 Å². The van der Waals surface area contributed by atoms with Gasteiger partial charge in [0.05, 0.1) is 0 Å². The lowest BCUT2D eigenvalue weighted by atomic mass is 9.99. The van der Waals surface area contributed by atoms with Gasteiger partial charge in [0, 0.05) is 23.5 Å². The maximum absolute atomic E-state index is 13.9. The minimum atomic E-state index is -3.94. The van der Waals surface area contributed by atoms with E-state index < -0.39 is 15.8 Å². The van der Waals surface area contributed by atoms with E-state index in [1.165, 1.54) is 16.4 Å². The van der Waals surface area contributed by atoms with E-state index in [1.54, 1.807) is 0 Å². The van der Waals surface area contributed by atoms with Crippen molar-refractivity contribution in [2.24, 2.45) is 16.8 Å². The number of rotatable bonds is 3. The molecular weight excluding hydrogens is 365 g/mol. The Kier molecular flexibility index (Phi) is 4.84. The van der Waals surface area contributed by atoms with Gasteiger partial charge >= 0.3 is 0 Å². The minimum absolute atomic E-state index is 0.00817. The lowest BCUT2D eigenvalue weighted by Crippen LogP contribution is -2.44. The average Bonchev–Trinajstić information content (AvgIpc) is 2.46. The number of piperidine rings is 1. The van der Waals surface area contributed by atoms with Gasteiger partial charge in [0.25, 0.3) is 0 Å². The molecule has 0 radical (unpaired) electrons. The fourth-order valence-corrected chi connectivity index (χ4v) is 4.21. The number of nitrogens with zero attached hydrogens (tertiary/aromatic N) is 2. The SMILES string of the molecule is N/C(=N/O)C1CCCN(S(=O)(=O)c2ccc(Br)cc2F)C1. The summed E-state index contributed by atoms with van der Waals surface area (Å²) >= 11 is 3.09. The molecule has 0 spiro atoms. The fraction of sp³-hybridized carbons (Fsp3) is 0.417. The smallest absolute Gasteiger partial charge is 0.246 e. The van der Waals surface area contributed by atoms with Crippen LogP contribution in [0.2, 0.25) is 0 Å². The molecule has 9 heteroatoms. The van der Waals surface area contributed by atoms with Crippen molar-refractivity contribution < 1.29 is 18.0 Å². The third kappa shape index (κ3) is 3.35. The van der Waals surface area contributed by atoms with Crippen molar-refractivity contribution in [1.82, 2.24) is 4.31 Å². The number of nitrogens with two attached hydrogens (primary N) is 1. The second-order valence-corrected chi connectivity index (χ2v) is 7.62. The molecule has 0 bridgehead atoms. The van der Waals surface area contributed by atoms with Gasteiger partial charge in [0.15, 0.2) is 0 Å². The van der Waals surface area contributed by atoms with Crippen LogP contribution in [0.3, 0.4) is 0 Å². The molecule has 2 rings (SSSR count). The molecule has 1 fully saturated rings. The monoisotopic (exact) mass is 379 g/mol. The number of sulfonamides is 1. The van der Waals surface area contributed by atoms with Gasteiger partial charge in [0.2, 0.25) is 10.0 Å². The van der Waals surface area contributed by atoms with Crippen LogP contribution in [-0.2, 0) is 10.0 Å². The Morgan fingerprint density at radius 3 is 2.86 bits per heavy atom. The summed E-state index contributed by atoms with van der Waals surface area (Å²) in [6, 6.07) is 3.81. The molecule has 6 nitrogen and oxygen atoms in total. The highest BCUT2D eigenvalue weighted by Crippen LogP contribution is 2.26. The zero-order valence-electron chi connectivity index (χ0n) is 11.0. The molecule has 1 aromatic rings. The molecule has 1 atom stereocenters. The van der Waals surface area contributed by atoms with Crippen LogP contribution >= 0.6 is 15.9 Å². The van der Waals surface area contributed by atoms with E-state index in [0.717, 1.165) is 6.07 Å². The second kappa shape index (κ2) is 6.29. The molecule has 1 heterocycles. The van der Waals surface area contributed by atoms with E-state index in [-0.39, 0.29) is 29.7 Å². The van der Waals surface area contributed by atoms with E-state index >= 15 is 0 Å². The zero-order chi connectivity index (χ0) is 15.6. The maximum Gasteiger partial charge on any atom is 0.246 e. The molecule has 1 unspecified atom stereocenters. The zero-order valence-corrected chi connectivity index (χ0v) is 13.4. The number of hydrogen-bond donors (Lipinski definition) is 2. The summed E-state index contributed by atoms with van der Waals surface area (Å²) in [6.07, 6.45) is 1.20. The molecule has 1 aliphatic rings. The van der Waals surface area contributed by atoms with E-state index in [2.05, 4.69) is 21.1 Å². The minimum Gasteiger partial charge on any atom is -0.409 e. The highest BCUT2D eigenvalue weighted by molar-refractivity contribution is 9.10. The molecule has 116 valence electrons. The summed E-state index contributed by atoms with van der Waals surface area (Å²) in [5.74, 6) is -1.18. The standard InChI is InChI=1S/C12H15BrFN3O3S/c13-9-3-4-11(10(14)6-9)21(19,20)17-5-1-2-8(7-17)12(15)16-18/h3-4,6,8,18H,1-2,5,7H2,(H2,15,16). The molecule has 0 amide bonds. The Morgan fingerprint density at radius 1 is 1.52 bits per heavy atom. The number of hydrogen-bond acceptors (Lipinski definition) is 4. The van der Waals surface area contributed by atoms with Crippen LogP contribution in [0.5, 0.6) is 0 Å². The number of halogens is 2. The number of amidine groups is 1. The first kappa shape index (κ1) is 16.2. The topological polar surface area (TPSA) is 96.0 Å². The first-order valence-electron chi connectivity index (χ1n) is 6.29. The Hall–Kier alpha value is -1.19. The van der Waals surface area contributed by atoms with Crippen LogP contribution in [-0.4, -0.2) is 36.9 Å². The van der Waals surface area contributed by atoms with Gasteiger partial charge in [-0.15, -0.1) is 0 Å². The summed E-state index contributed by atoms with van der Waals surface area (Å²) in [5, 5.41) is 11.6. The van der Waals surface area contributed by atoms with E-state index in [4.69, 9.17) is 10.9 Å². The van der Waals surface area contributed by atoms with Crippen LogP contribution in [0.15, 0.2) is 32.7 Å². The van der Waals surface area contributed by atoms with Crippen molar-refractivity contribution in [2.45, 2.75) is 17.7 Å². The van der Waals surface area contributed by atoms with Crippen molar-refractivity contribution in [2.75, 3.05) is 13.1 Å². The van der Waals surface area contributed by atoms with Gasteiger partial charge in [-0.2, -0.15) is 4.31 Å². The van der Waals surface area contributed by atoms with Gasteiger partial charge < -0.3 is 10.9 Å². The van der Waals surface area contributed by atoms with Gasteiger partial charge in [-0.05, 0) is 31.0 Å². The normalized spacial score (nSPS) is 21.4. The predicted molar refractivity (Wildman–Crippen MR) is 79.0 cm³/mol. The first-order chi connectivity index (χ1) is 9.86. The summed E-state index contributed by atoms with van der Waals surface area (Å²) in [7, 11) is -3.94. The van der Waals surface area contributed by atoms with Crippen molar-refractivity contribution in [3.8, 4) is 0 Å². The molecule has 3 N–H and O–H groups in total. The summed E-state index contributed by atoms with van der Waals surface area (Å²) < 4.78 is 40.5. The molecule has 0 aromatic heterocycles. The van der Waals surface area contributed by atoms with Crippen LogP contribution in [0.25, 0.3) is 0 Å². The third-order valence-corrected chi connectivity index (χ3v) is 5.82. The first-order valence-corrected chi connectivity index (χ1v) is 8.52. The van der Waals surface area contributed by atoms with Crippen LogP contribution in [0.1, 0.15) is 12.8 Å². The highest BCUT2D eigenvalue weighted by Gasteiger charge is 2.33. The lowest BCUT2D eigenvalue weighted by Gasteiger charge is -2.31. The largest absolute Gasteiger partial charge is 0.409 e. The number of benzene rings is 1. The van der Waals surface area contributed by atoms with Gasteiger partial charge in [-0.1, -0.05) is 21.1 Å². The fourth-order valence-electron chi connectivity index (χ4n) is 2.31. The van der Waals surface area contributed by atoms with Crippen molar-refractivity contribution in [3.63, 3.8) is 0 Å². The molecule has 1 saturated heterocycles. The average molecular weight is 380 g/mol. The van der Waals surface area contributed by atoms with Crippen LogP contribution < -0.4 is 5.73 Å². The molecule has 1 aromatic carbocycles. The predicted octanol–water partition coefficient (Wildman–Crippen LogP) is 1.74. The number of oxime groups is 1. The second-order valence-electron chi connectivity index (χ2n) is 4.80. The van der Waals surface area contributed by atoms with Crippen LogP contribution in [0, 0.1) is 11.7 Å². The quantitative estimate of drug-likeness (QED) is 0.361. The third-order valence-electron chi connectivity index (χ3n) is 3.43. The van der Waals surface area contributed by atoms with E-state index in [0.29, 0.717) is 17.3 Å². The van der Waals surface area contributed by atoms with Gasteiger partial charge in [-0.25, -0.2) is 12.8 Å². The molecule has 0 aliphatic carbocycles. The maximum atomic E-state index is 13.9. The van der Waals surface area contributed by atoms with Crippen molar-refractivity contribution in [3.05, 3.63) is 28.5 Å². The van der Waals surface area contributed by atoms with Gasteiger partial charge in [-0.3, -0.25) is 0 Å². The highest BCUT2D eigenvalue weighted by atomic mass is 79.9. The molecule has 0 saturated carbocycles. The summed E-state index contributed by atoms with van der Waals surface area (Å²) in [6.45, 7) is 0.362. The van der Waals surface area contributed by atoms with Crippen molar-refractivity contribution in [1.29, 1.82) is 0 Å². The molecular formula is C12H15BrFN3O3S. The molecule has 21 heavy (non-hydrogen) atoms. The Balaban J connectivity index is 2.31. The lowest BCUT2D eigenvalue weighted by molar-refractivity contribution is 0.287. The Morgan fingerprint density at radius 2 is 2.24 bits per heavy atom. The van der Waals surface area contributed by atoms with E-state index in [9.17, 15) is 12.8 Å². The Bertz CT molecular complexity index is 666. The Labute approximate surface area is 130 Å². The van der Waals surface area contributed by atoms with E-state index in [1.807, 2.05) is 0 Å². The van der Waals surface area contributed by atoms with Crippen molar-refractivity contribution >= 4 is 31.8 Å². The summed E-state index contributed by atoms with van der Waals surface area (Å²) in [4.78, 5) is -0.370. The summed E-state index contributed by atoms with van der Waals surface area (Å²) in [5.41, 5.74) is 5.54.